The van der Waals surface area contributed by atoms with Crippen molar-refractivity contribution in [1.82, 2.24) is 0 Å². The average molecular weight is 774 g/mol. The highest BCUT2D eigenvalue weighted by molar-refractivity contribution is 6.13. The van der Waals surface area contributed by atoms with E-state index in [0.29, 0.717) is 0 Å². The van der Waals surface area contributed by atoms with Crippen LogP contribution in [0, 0.1) is 0 Å². The van der Waals surface area contributed by atoms with Crippen LogP contribution in [0.25, 0.3) is 67.5 Å². The molecule has 290 valence electrons. The number of para-hydroxylation sites is 2. The summed E-state index contributed by atoms with van der Waals surface area (Å²) in [5.74, 6) is 0. The molecule has 1 atom stereocenters. The summed E-state index contributed by atoms with van der Waals surface area (Å²) in [7, 11) is 0. The fourth-order valence-electron chi connectivity index (χ4n) is 9.96. The van der Waals surface area contributed by atoms with Crippen LogP contribution < -0.4 is 15.3 Å². The highest BCUT2D eigenvalue weighted by Crippen LogP contribution is 2.44. The smallest absolute Gasteiger partial charge is 0.159 e. The molecule has 0 bridgehead atoms. The van der Waals surface area contributed by atoms with E-state index >= 15 is 0 Å². The molecular weight excluding hydrogens is 727 g/mol. The minimum atomic E-state index is 0.139. The molecule has 0 spiro atoms. The summed E-state index contributed by atoms with van der Waals surface area (Å²) in [5, 5.41) is 4.89. The van der Waals surface area contributed by atoms with Crippen molar-refractivity contribution in [1.29, 1.82) is 0 Å². The molecule has 0 fully saturated rings. The summed E-state index contributed by atoms with van der Waals surface area (Å²) < 4.78 is 7.04. The maximum absolute atomic E-state index is 7.04. The van der Waals surface area contributed by atoms with E-state index in [-0.39, 0.29) is 6.04 Å². The Labute approximate surface area is 352 Å². The molecule has 0 N–H and O–H groups in total. The Morgan fingerprint density at radius 1 is 0.550 bits per heavy atom. The number of allylic oxidation sites excluding steroid dienone is 12. The van der Waals surface area contributed by atoms with Gasteiger partial charge in [-0.1, -0.05) is 176 Å². The van der Waals surface area contributed by atoms with E-state index < -0.39 is 0 Å². The van der Waals surface area contributed by atoms with Gasteiger partial charge < -0.3 is 9.32 Å². The molecule has 1 heterocycles. The Kier molecular flexibility index (Phi) is 9.47. The van der Waals surface area contributed by atoms with Crippen molar-refractivity contribution in [3.63, 3.8) is 0 Å². The minimum absolute atomic E-state index is 0.139. The molecule has 2 heteroatoms. The third-order valence-electron chi connectivity index (χ3n) is 12.9. The molecule has 0 amide bonds. The Balaban J connectivity index is 1.04. The number of fused-ring (bicyclic) bond motifs is 8. The highest BCUT2D eigenvalue weighted by atomic mass is 16.3. The van der Waals surface area contributed by atoms with Crippen molar-refractivity contribution in [2.24, 2.45) is 0 Å². The third-order valence-corrected chi connectivity index (χ3v) is 12.9. The Morgan fingerprint density at radius 3 is 2.22 bits per heavy atom. The molecule has 60 heavy (non-hydrogen) atoms. The van der Waals surface area contributed by atoms with Crippen molar-refractivity contribution in [2.45, 2.75) is 51.0 Å². The molecular formula is C58H47NO. The number of rotatable bonds is 5. The minimum Gasteiger partial charge on any atom is -0.453 e. The summed E-state index contributed by atoms with van der Waals surface area (Å²) >= 11 is 0. The van der Waals surface area contributed by atoms with Gasteiger partial charge >= 0.3 is 0 Å². The fraction of sp³-hybridized carbons (Fsp3) is 0.138. The zero-order valence-corrected chi connectivity index (χ0v) is 33.9. The SMILES string of the molecule is C1=CC2=C(CC1)c1cc(C3=CC=C(N(c4cccc5c4oc4c(-c6ccccc6)cccc45)C4C=c5ccccc5=CC4)CC3)ccc1-c1ccccc1C/C=C\C=C/C2. The summed E-state index contributed by atoms with van der Waals surface area (Å²) in [6.45, 7) is 0. The van der Waals surface area contributed by atoms with E-state index in [2.05, 4.69) is 199 Å². The fourth-order valence-corrected chi connectivity index (χ4v) is 9.96. The van der Waals surface area contributed by atoms with Gasteiger partial charge in [0.1, 0.15) is 5.58 Å². The number of hydrogen-bond donors (Lipinski definition) is 0. The highest BCUT2D eigenvalue weighted by Gasteiger charge is 2.27. The second-order valence-electron chi connectivity index (χ2n) is 16.5. The molecule has 4 aliphatic rings. The van der Waals surface area contributed by atoms with Gasteiger partial charge in [0.25, 0.3) is 0 Å². The number of anilines is 1. The maximum Gasteiger partial charge on any atom is 0.159 e. The first kappa shape index (κ1) is 36.2. The molecule has 0 saturated carbocycles. The topological polar surface area (TPSA) is 16.4 Å². The van der Waals surface area contributed by atoms with Gasteiger partial charge in [0.05, 0.1) is 11.7 Å². The van der Waals surface area contributed by atoms with Crippen LogP contribution in [0.2, 0.25) is 0 Å². The second kappa shape index (κ2) is 15.7. The van der Waals surface area contributed by atoms with Crippen molar-refractivity contribution < 1.29 is 4.42 Å². The lowest BCUT2D eigenvalue weighted by Crippen LogP contribution is -2.40. The normalized spacial score (nSPS) is 18.3. The van der Waals surface area contributed by atoms with Gasteiger partial charge in [0, 0.05) is 22.0 Å². The van der Waals surface area contributed by atoms with Crippen molar-refractivity contribution in [3.8, 4) is 22.3 Å². The molecule has 11 rings (SSSR count). The van der Waals surface area contributed by atoms with E-state index in [4.69, 9.17) is 4.42 Å². The van der Waals surface area contributed by atoms with E-state index in [1.807, 2.05) is 0 Å². The average Bonchev–Trinajstić information content (AvgIpc) is 3.70. The Bertz CT molecular complexity index is 3130. The van der Waals surface area contributed by atoms with Crippen LogP contribution in [0.1, 0.15) is 55.2 Å². The number of hydrogen-bond acceptors (Lipinski definition) is 2. The van der Waals surface area contributed by atoms with E-state index in [0.717, 1.165) is 83.7 Å². The second-order valence-corrected chi connectivity index (χ2v) is 16.5. The van der Waals surface area contributed by atoms with Crippen LogP contribution in [0.4, 0.5) is 5.69 Å². The number of nitrogens with zero attached hydrogens (tertiary/aromatic N) is 1. The molecule has 0 saturated heterocycles. The zero-order valence-electron chi connectivity index (χ0n) is 33.9. The predicted octanol–water partition coefficient (Wildman–Crippen LogP) is 13.7. The summed E-state index contributed by atoms with van der Waals surface area (Å²) in [5.41, 5.74) is 17.6. The van der Waals surface area contributed by atoms with Gasteiger partial charge in [0.2, 0.25) is 0 Å². The lowest BCUT2D eigenvalue weighted by atomic mass is 9.82. The largest absolute Gasteiger partial charge is 0.453 e. The van der Waals surface area contributed by atoms with Crippen molar-refractivity contribution >= 4 is 50.9 Å². The van der Waals surface area contributed by atoms with Gasteiger partial charge in [-0.2, -0.15) is 0 Å². The first-order chi connectivity index (χ1) is 29.8. The molecule has 0 radical (unpaired) electrons. The number of furan rings is 1. The van der Waals surface area contributed by atoms with Gasteiger partial charge in [0.15, 0.2) is 5.58 Å². The molecule has 7 aromatic rings. The van der Waals surface area contributed by atoms with Gasteiger partial charge in [-0.05, 0) is 124 Å². The number of benzene rings is 6. The zero-order chi connectivity index (χ0) is 39.8. The van der Waals surface area contributed by atoms with Crippen LogP contribution in [0.3, 0.4) is 0 Å². The van der Waals surface area contributed by atoms with Crippen LogP contribution >= 0.6 is 0 Å². The van der Waals surface area contributed by atoms with Gasteiger partial charge in [-0.25, -0.2) is 0 Å². The molecule has 0 aliphatic heterocycles. The first-order valence-corrected chi connectivity index (χ1v) is 21.7. The van der Waals surface area contributed by atoms with Crippen LogP contribution in [0.5, 0.6) is 0 Å². The molecule has 6 aromatic carbocycles. The third kappa shape index (κ3) is 6.63. The van der Waals surface area contributed by atoms with Crippen LogP contribution in [0.15, 0.2) is 198 Å². The Morgan fingerprint density at radius 2 is 1.33 bits per heavy atom. The monoisotopic (exact) mass is 773 g/mol. The van der Waals surface area contributed by atoms with Gasteiger partial charge in [-0.15, -0.1) is 0 Å². The van der Waals surface area contributed by atoms with E-state index in [1.165, 1.54) is 60.7 Å². The maximum atomic E-state index is 7.04. The molecule has 4 aliphatic carbocycles. The quantitative estimate of drug-likeness (QED) is 0.173. The van der Waals surface area contributed by atoms with E-state index in [1.54, 1.807) is 0 Å². The lowest BCUT2D eigenvalue weighted by molar-refractivity contribution is 0.663. The molecule has 1 unspecified atom stereocenters. The Hall–Kier alpha value is -6.90. The summed E-state index contributed by atoms with van der Waals surface area (Å²) in [6, 6.07) is 49.0. The van der Waals surface area contributed by atoms with E-state index in [9.17, 15) is 0 Å². The summed E-state index contributed by atoms with van der Waals surface area (Å²) in [6.07, 6.45) is 30.2. The van der Waals surface area contributed by atoms with Gasteiger partial charge in [-0.3, -0.25) is 0 Å². The standard InChI is InChI=1S/C58H47NO/c1-2-5-18-43-22-11-13-25-50(43)55-39-46(33-37-52(55)49-24-12-10-21-42(49)17-4-1)41-30-34-47(35-31-41)59(48-36-32-40-16-8-9-23-45(40)38-48)56-29-15-28-54-53-27-14-26-51(57(53)60-58(54)56)44-19-6-3-7-20-44/h1-12,14-16,19-24,26-30,32-34,37-39,48H,13,17-18,25,31,35-36H2/b4-1-,5-2-. The predicted molar refractivity (Wildman–Crippen MR) is 254 cm³/mol. The molecule has 1 aromatic heterocycles. The van der Waals surface area contributed by atoms with Crippen molar-refractivity contribution in [3.05, 3.63) is 220 Å². The summed E-state index contributed by atoms with van der Waals surface area (Å²) in [4.78, 5) is 2.58. The lowest BCUT2D eigenvalue weighted by Gasteiger charge is -2.36. The van der Waals surface area contributed by atoms with Crippen LogP contribution in [-0.2, 0) is 6.42 Å². The van der Waals surface area contributed by atoms with Crippen LogP contribution in [-0.4, -0.2) is 6.04 Å². The first-order valence-electron chi connectivity index (χ1n) is 21.7. The van der Waals surface area contributed by atoms with Crippen molar-refractivity contribution in [2.75, 3.05) is 4.90 Å². The molecule has 2 nitrogen and oxygen atoms in total.